The van der Waals surface area contributed by atoms with Crippen molar-refractivity contribution in [1.29, 1.82) is 0 Å². The number of amides is 1. The molecule has 31 heavy (non-hydrogen) atoms. The highest BCUT2D eigenvalue weighted by Gasteiger charge is 2.21. The fraction of sp³-hybridized carbons (Fsp3) is 0.333. The standard InChI is InChI=1S/C24H26F2N4O/c1-15-23(16(2)30(29-15)22-12-7-18(25)13-21(22)26)24(31)28-20-10-8-19(9-11-20)27-14-17-5-3-4-6-17/h7-13,17,27H,3-6,14H2,1-2H3,(H,28,31). The second kappa shape index (κ2) is 8.88. The SMILES string of the molecule is Cc1nn(-c2ccc(F)cc2F)c(C)c1C(=O)Nc1ccc(NCC2CCCC2)cc1. The summed E-state index contributed by atoms with van der Waals surface area (Å²) < 4.78 is 28.8. The van der Waals surface area contributed by atoms with E-state index >= 15 is 0 Å². The monoisotopic (exact) mass is 424 g/mol. The number of nitrogens with one attached hydrogen (secondary N) is 2. The Hall–Kier alpha value is -3.22. The molecule has 1 fully saturated rings. The summed E-state index contributed by atoms with van der Waals surface area (Å²) in [5.41, 5.74) is 3.10. The van der Waals surface area contributed by atoms with Gasteiger partial charge in [0.2, 0.25) is 0 Å². The molecule has 1 aromatic heterocycles. The molecule has 7 heteroatoms. The number of nitrogens with zero attached hydrogens (tertiary/aromatic N) is 2. The Labute approximate surface area is 180 Å². The van der Waals surface area contributed by atoms with Crippen molar-refractivity contribution in [3.8, 4) is 5.69 Å². The second-order valence-corrected chi connectivity index (χ2v) is 8.12. The number of rotatable bonds is 6. The summed E-state index contributed by atoms with van der Waals surface area (Å²) in [5.74, 6) is -0.983. The van der Waals surface area contributed by atoms with E-state index in [1.807, 2.05) is 24.3 Å². The number of carbonyl (C=O) groups is 1. The smallest absolute Gasteiger partial charge is 0.259 e. The molecule has 0 bridgehead atoms. The minimum Gasteiger partial charge on any atom is -0.385 e. The molecule has 4 rings (SSSR count). The number of hydrogen-bond acceptors (Lipinski definition) is 3. The van der Waals surface area contributed by atoms with Gasteiger partial charge in [-0.2, -0.15) is 5.10 Å². The van der Waals surface area contributed by atoms with Crippen LogP contribution in [0.25, 0.3) is 5.69 Å². The van der Waals surface area contributed by atoms with E-state index in [2.05, 4.69) is 15.7 Å². The van der Waals surface area contributed by atoms with E-state index in [1.54, 1.807) is 13.8 Å². The van der Waals surface area contributed by atoms with Gasteiger partial charge in [-0.1, -0.05) is 12.8 Å². The average molecular weight is 424 g/mol. The Kier molecular flexibility index (Phi) is 6.02. The van der Waals surface area contributed by atoms with Gasteiger partial charge in [0, 0.05) is 24.0 Å². The molecule has 1 heterocycles. The highest BCUT2D eigenvalue weighted by Crippen LogP contribution is 2.26. The maximum atomic E-state index is 14.2. The summed E-state index contributed by atoms with van der Waals surface area (Å²) in [4.78, 5) is 12.9. The van der Waals surface area contributed by atoms with Gasteiger partial charge in [0.25, 0.3) is 5.91 Å². The fourth-order valence-electron chi connectivity index (χ4n) is 4.20. The number of benzene rings is 2. The van der Waals surface area contributed by atoms with Crippen molar-refractivity contribution >= 4 is 17.3 Å². The van der Waals surface area contributed by atoms with E-state index in [0.717, 1.165) is 30.3 Å². The van der Waals surface area contributed by atoms with Crippen LogP contribution in [0.15, 0.2) is 42.5 Å². The van der Waals surface area contributed by atoms with Crippen LogP contribution in [0.4, 0.5) is 20.2 Å². The van der Waals surface area contributed by atoms with Crippen LogP contribution < -0.4 is 10.6 Å². The number of anilines is 2. The van der Waals surface area contributed by atoms with Crippen LogP contribution in [0.5, 0.6) is 0 Å². The van der Waals surface area contributed by atoms with E-state index in [0.29, 0.717) is 22.6 Å². The van der Waals surface area contributed by atoms with E-state index in [1.165, 1.54) is 36.4 Å². The van der Waals surface area contributed by atoms with E-state index in [9.17, 15) is 13.6 Å². The third-order valence-electron chi connectivity index (χ3n) is 5.87. The summed E-state index contributed by atoms with van der Waals surface area (Å²) in [6.45, 7) is 4.35. The van der Waals surface area contributed by atoms with Gasteiger partial charge in [-0.3, -0.25) is 4.79 Å². The van der Waals surface area contributed by atoms with Crippen molar-refractivity contribution in [2.24, 2.45) is 5.92 Å². The molecular formula is C24H26F2N4O. The summed E-state index contributed by atoms with van der Waals surface area (Å²) >= 11 is 0. The third-order valence-corrected chi connectivity index (χ3v) is 5.87. The molecule has 1 saturated carbocycles. The van der Waals surface area contributed by atoms with Crippen molar-refractivity contribution in [2.75, 3.05) is 17.2 Å². The summed E-state index contributed by atoms with van der Waals surface area (Å²) in [5, 5.41) is 10.6. The van der Waals surface area contributed by atoms with Crippen molar-refractivity contribution < 1.29 is 13.6 Å². The number of hydrogen-bond donors (Lipinski definition) is 2. The minimum absolute atomic E-state index is 0.0961. The molecule has 2 aromatic carbocycles. The molecule has 0 radical (unpaired) electrons. The van der Waals surface area contributed by atoms with Crippen LogP contribution in [0.1, 0.15) is 47.4 Å². The maximum Gasteiger partial charge on any atom is 0.259 e. The van der Waals surface area contributed by atoms with Crippen molar-refractivity contribution in [2.45, 2.75) is 39.5 Å². The van der Waals surface area contributed by atoms with Crippen LogP contribution in [0.3, 0.4) is 0 Å². The highest BCUT2D eigenvalue weighted by molar-refractivity contribution is 6.06. The van der Waals surface area contributed by atoms with Gasteiger partial charge in [0.15, 0.2) is 5.82 Å². The molecule has 3 aromatic rings. The predicted octanol–water partition coefficient (Wildman–Crippen LogP) is 5.62. The molecule has 1 aliphatic rings. The quantitative estimate of drug-likeness (QED) is 0.540. The van der Waals surface area contributed by atoms with Crippen LogP contribution in [-0.2, 0) is 0 Å². The number of halogens is 2. The number of aryl methyl sites for hydroxylation is 1. The third kappa shape index (κ3) is 4.60. The van der Waals surface area contributed by atoms with Gasteiger partial charge in [-0.15, -0.1) is 0 Å². The van der Waals surface area contributed by atoms with Crippen LogP contribution in [-0.4, -0.2) is 22.2 Å². The summed E-state index contributed by atoms with van der Waals surface area (Å²) in [6, 6.07) is 10.9. The van der Waals surface area contributed by atoms with Gasteiger partial charge in [-0.05, 0) is 69.0 Å². The largest absolute Gasteiger partial charge is 0.385 e. The van der Waals surface area contributed by atoms with Gasteiger partial charge in [0.1, 0.15) is 11.5 Å². The zero-order chi connectivity index (χ0) is 22.0. The summed E-state index contributed by atoms with van der Waals surface area (Å²) in [6.07, 6.45) is 5.21. The minimum atomic E-state index is -0.738. The lowest BCUT2D eigenvalue weighted by Crippen LogP contribution is -2.14. The molecule has 2 N–H and O–H groups in total. The molecule has 1 amide bonds. The zero-order valence-electron chi connectivity index (χ0n) is 17.7. The van der Waals surface area contributed by atoms with Gasteiger partial charge in [-0.25, -0.2) is 13.5 Å². The Balaban J connectivity index is 1.46. The number of carbonyl (C=O) groups excluding carboxylic acids is 1. The molecule has 0 spiro atoms. The van der Waals surface area contributed by atoms with Crippen molar-refractivity contribution in [3.05, 3.63) is 71.1 Å². The van der Waals surface area contributed by atoms with Gasteiger partial charge < -0.3 is 10.6 Å². The topological polar surface area (TPSA) is 59.0 Å². The fourth-order valence-corrected chi connectivity index (χ4v) is 4.20. The molecule has 1 aliphatic carbocycles. The average Bonchev–Trinajstić information content (AvgIpc) is 3.35. The van der Waals surface area contributed by atoms with E-state index in [-0.39, 0.29) is 11.6 Å². The zero-order valence-corrected chi connectivity index (χ0v) is 17.7. The first kappa shape index (κ1) is 21.0. The number of aromatic nitrogens is 2. The second-order valence-electron chi connectivity index (χ2n) is 8.12. The first-order valence-electron chi connectivity index (χ1n) is 10.6. The van der Waals surface area contributed by atoms with Crippen LogP contribution in [0, 0.1) is 31.4 Å². The van der Waals surface area contributed by atoms with Crippen LogP contribution in [0.2, 0.25) is 0 Å². The predicted molar refractivity (Wildman–Crippen MR) is 118 cm³/mol. The van der Waals surface area contributed by atoms with Gasteiger partial charge in [0.05, 0.1) is 17.0 Å². The Morgan fingerprint density at radius 3 is 2.42 bits per heavy atom. The molecule has 162 valence electrons. The Morgan fingerprint density at radius 2 is 1.74 bits per heavy atom. The lowest BCUT2D eigenvalue weighted by molar-refractivity contribution is 0.102. The molecule has 0 saturated heterocycles. The van der Waals surface area contributed by atoms with Crippen molar-refractivity contribution in [1.82, 2.24) is 9.78 Å². The first-order valence-corrected chi connectivity index (χ1v) is 10.6. The van der Waals surface area contributed by atoms with Gasteiger partial charge >= 0.3 is 0 Å². The van der Waals surface area contributed by atoms with E-state index < -0.39 is 11.6 Å². The normalized spacial score (nSPS) is 14.1. The highest BCUT2D eigenvalue weighted by atomic mass is 19.1. The first-order chi connectivity index (χ1) is 14.9. The molecule has 0 atom stereocenters. The molecule has 5 nitrogen and oxygen atoms in total. The molecule has 0 unspecified atom stereocenters. The lowest BCUT2D eigenvalue weighted by Gasteiger charge is -2.12. The Bertz CT molecular complexity index is 1090. The molecular weight excluding hydrogens is 398 g/mol. The molecule has 0 aliphatic heterocycles. The van der Waals surface area contributed by atoms with Crippen LogP contribution >= 0.6 is 0 Å². The van der Waals surface area contributed by atoms with E-state index in [4.69, 9.17) is 0 Å². The Morgan fingerprint density at radius 1 is 1.06 bits per heavy atom. The van der Waals surface area contributed by atoms with Crippen molar-refractivity contribution in [3.63, 3.8) is 0 Å². The maximum absolute atomic E-state index is 14.2. The lowest BCUT2D eigenvalue weighted by atomic mass is 10.1. The summed E-state index contributed by atoms with van der Waals surface area (Å²) in [7, 11) is 0.